The van der Waals surface area contributed by atoms with E-state index in [2.05, 4.69) is 13.8 Å². The summed E-state index contributed by atoms with van der Waals surface area (Å²) in [4.78, 5) is 9.64. The van der Waals surface area contributed by atoms with Gasteiger partial charge in [0.1, 0.15) is 0 Å². The van der Waals surface area contributed by atoms with Gasteiger partial charge in [0, 0.05) is 6.42 Å². The zero-order chi connectivity index (χ0) is 8.48. The summed E-state index contributed by atoms with van der Waals surface area (Å²) >= 11 is 0. The van der Waals surface area contributed by atoms with Crippen LogP contribution in [0.3, 0.4) is 0 Å². The predicted octanol–water partition coefficient (Wildman–Crippen LogP) is 1.46. The highest BCUT2D eigenvalue weighted by Gasteiger charge is 2.36. The Bertz CT molecular complexity index is 131. The maximum atomic E-state index is 9.33. The molecule has 66 valence electrons. The fourth-order valence-corrected chi connectivity index (χ4v) is 1.31. The zero-order valence-corrected chi connectivity index (χ0v) is 7.33. The lowest BCUT2D eigenvalue weighted by molar-refractivity contribution is -0.372. The molecule has 2 atom stereocenters. The molecule has 0 spiro atoms. The summed E-state index contributed by atoms with van der Waals surface area (Å²) in [7, 11) is 0. The number of hydrogen-bond donors (Lipinski definition) is 1. The fourth-order valence-electron chi connectivity index (χ4n) is 1.31. The van der Waals surface area contributed by atoms with Crippen LogP contribution in [-0.4, -0.2) is 17.0 Å². The zero-order valence-electron chi connectivity index (χ0n) is 7.33. The molecule has 11 heavy (non-hydrogen) atoms. The molecule has 1 N–H and O–H groups in total. The van der Waals surface area contributed by atoms with Gasteiger partial charge in [-0.3, -0.25) is 0 Å². The summed E-state index contributed by atoms with van der Waals surface area (Å²) in [6.45, 7) is 5.86. The highest BCUT2D eigenvalue weighted by atomic mass is 17.2. The van der Waals surface area contributed by atoms with E-state index in [0.717, 1.165) is 6.42 Å². The third kappa shape index (κ3) is 2.77. The molecular formula is C8H16O3. The molecule has 0 aromatic carbocycles. The van der Waals surface area contributed by atoms with Crippen molar-refractivity contribution in [3.05, 3.63) is 0 Å². The van der Waals surface area contributed by atoms with Gasteiger partial charge < -0.3 is 5.11 Å². The summed E-state index contributed by atoms with van der Waals surface area (Å²) in [6, 6.07) is 0. The van der Waals surface area contributed by atoms with Gasteiger partial charge in [-0.2, -0.15) is 0 Å². The molecule has 0 saturated carbocycles. The Kier molecular flexibility index (Phi) is 2.52. The van der Waals surface area contributed by atoms with Crippen LogP contribution in [0.5, 0.6) is 0 Å². The first-order chi connectivity index (χ1) is 4.99. The molecule has 3 nitrogen and oxygen atoms in total. The van der Waals surface area contributed by atoms with E-state index in [9.17, 15) is 5.11 Å². The van der Waals surface area contributed by atoms with Gasteiger partial charge in [0.15, 0.2) is 5.79 Å². The van der Waals surface area contributed by atoms with Crippen molar-refractivity contribution >= 4 is 0 Å². The van der Waals surface area contributed by atoms with E-state index in [1.54, 1.807) is 6.92 Å². The standard InChI is InChI=1S/C8H16O3/c1-6(2)4-7-5-8(3,9)11-10-7/h6-7,9H,4-5H2,1-3H3/t7-,8+/m1/s1. The van der Waals surface area contributed by atoms with Gasteiger partial charge in [0.2, 0.25) is 0 Å². The van der Waals surface area contributed by atoms with Crippen LogP contribution in [-0.2, 0) is 9.78 Å². The first-order valence-corrected chi connectivity index (χ1v) is 4.06. The normalized spacial score (nSPS) is 38.5. The van der Waals surface area contributed by atoms with Crippen molar-refractivity contribution in [2.45, 2.75) is 45.5 Å². The van der Waals surface area contributed by atoms with Crippen molar-refractivity contribution in [1.29, 1.82) is 0 Å². The van der Waals surface area contributed by atoms with Crippen LogP contribution in [0.15, 0.2) is 0 Å². The van der Waals surface area contributed by atoms with Crippen molar-refractivity contribution < 1.29 is 14.9 Å². The quantitative estimate of drug-likeness (QED) is 0.621. The molecular weight excluding hydrogens is 144 g/mol. The molecule has 0 aromatic heterocycles. The number of aliphatic hydroxyl groups is 1. The van der Waals surface area contributed by atoms with Gasteiger partial charge in [-0.05, 0) is 19.3 Å². The lowest BCUT2D eigenvalue weighted by atomic mass is 10.0. The first kappa shape index (κ1) is 8.97. The molecule has 1 rings (SSSR count). The van der Waals surface area contributed by atoms with Crippen LogP contribution >= 0.6 is 0 Å². The molecule has 1 aliphatic heterocycles. The Morgan fingerprint density at radius 2 is 2.27 bits per heavy atom. The van der Waals surface area contributed by atoms with Gasteiger partial charge in [-0.1, -0.05) is 13.8 Å². The van der Waals surface area contributed by atoms with E-state index in [1.807, 2.05) is 0 Å². The summed E-state index contributed by atoms with van der Waals surface area (Å²) in [6.07, 6.45) is 1.58. The number of hydrogen-bond acceptors (Lipinski definition) is 3. The average Bonchev–Trinajstić information content (AvgIpc) is 2.08. The first-order valence-electron chi connectivity index (χ1n) is 4.06. The molecule has 0 bridgehead atoms. The Labute approximate surface area is 67.2 Å². The minimum Gasteiger partial charge on any atom is -0.363 e. The Hall–Kier alpha value is -0.120. The molecule has 0 aliphatic carbocycles. The van der Waals surface area contributed by atoms with Crippen LogP contribution in [0.1, 0.15) is 33.6 Å². The highest BCUT2D eigenvalue weighted by molar-refractivity contribution is 4.72. The van der Waals surface area contributed by atoms with Crippen LogP contribution in [0.4, 0.5) is 0 Å². The van der Waals surface area contributed by atoms with Gasteiger partial charge in [0.05, 0.1) is 6.10 Å². The van der Waals surface area contributed by atoms with Crippen LogP contribution in [0.2, 0.25) is 0 Å². The topological polar surface area (TPSA) is 38.7 Å². The van der Waals surface area contributed by atoms with E-state index < -0.39 is 5.79 Å². The van der Waals surface area contributed by atoms with Crippen LogP contribution in [0, 0.1) is 5.92 Å². The molecule has 0 unspecified atom stereocenters. The Balaban J connectivity index is 2.31. The van der Waals surface area contributed by atoms with Crippen molar-refractivity contribution in [3.63, 3.8) is 0 Å². The van der Waals surface area contributed by atoms with Crippen molar-refractivity contribution in [2.75, 3.05) is 0 Å². The van der Waals surface area contributed by atoms with Gasteiger partial charge >= 0.3 is 0 Å². The van der Waals surface area contributed by atoms with E-state index in [-0.39, 0.29) is 6.10 Å². The van der Waals surface area contributed by atoms with Gasteiger partial charge in [-0.15, -0.1) is 0 Å². The highest BCUT2D eigenvalue weighted by Crippen LogP contribution is 2.28. The lowest BCUT2D eigenvalue weighted by Crippen LogP contribution is -2.22. The Morgan fingerprint density at radius 1 is 1.64 bits per heavy atom. The second-order valence-corrected chi connectivity index (χ2v) is 3.81. The largest absolute Gasteiger partial charge is 0.363 e. The third-order valence-corrected chi connectivity index (χ3v) is 1.70. The van der Waals surface area contributed by atoms with Crippen LogP contribution < -0.4 is 0 Å². The molecule has 1 aliphatic rings. The van der Waals surface area contributed by atoms with Crippen molar-refractivity contribution in [2.24, 2.45) is 5.92 Å². The molecule has 1 fully saturated rings. The summed E-state index contributed by atoms with van der Waals surface area (Å²) < 4.78 is 0. The van der Waals surface area contributed by atoms with Gasteiger partial charge in [0.25, 0.3) is 0 Å². The maximum Gasteiger partial charge on any atom is 0.198 e. The maximum absolute atomic E-state index is 9.33. The smallest absolute Gasteiger partial charge is 0.198 e. The second-order valence-electron chi connectivity index (χ2n) is 3.81. The summed E-state index contributed by atoms with van der Waals surface area (Å²) in [5.41, 5.74) is 0. The third-order valence-electron chi connectivity index (χ3n) is 1.70. The second kappa shape index (κ2) is 3.09. The molecule has 3 heteroatoms. The molecule has 1 heterocycles. The Morgan fingerprint density at radius 3 is 2.64 bits per heavy atom. The van der Waals surface area contributed by atoms with Crippen LogP contribution in [0.25, 0.3) is 0 Å². The molecule has 0 radical (unpaired) electrons. The van der Waals surface area contributed by atoms with Crippen molar-refractivity contribution in [3.8, 4) is 0 Å². The van der Waals surface area contributed by atoms with E-state index in [0.29, 0.717) is 12.3 Å². The van der Waals surface area contributed by atoms with Crippen molar-refractivity contribution in [1.82, 2.24) is 0 Å². The minimum absolute atomic E-state index is 0.0602. The van der Waals surface area contributed by atoms with E-state index >= 15 is 0 Å². The fraction of sp³-hybridized carbons (Fsp3) is 1.00. The lowest BCUT2D eigenvalue weighted by Gasteiger charge is -2.10. The number of rotatable bonds is 2. The SMILES string of the molecule is CC(C)C[C@@H]1C[C@@](C)(O)OO1. The summed E-state index contributed by atoms with van der Waals surface area (Å²) in [5, 5.41) is 9.33. The monoisotopic (exact) mass is 160 g/mol. The predicted molar refractivity (Wildman–Crippen MR) is 40.7 cm³/mol. The summed E-state index contributed by atoms with van der Waals surface area (Å²) in [5.74, 6) is -0.489. The van der Waals surface area contributed by atoms with Gasteiger partial charge in [-0.25, -0.2) is 9.78 Å². The molecule has 1 saturated heterocycles. The minimum atomic E-state index is -1.07. The molecule has 0 amide bonds. The van der Waals surface area contributed by atoms with E-state index in [4.69, 9.17) is 9.78 Å². The molecule has 0 aromatic rings. The van der Waals surface area contributed by atoms with E-state index in [1.165, 1.54) is 0 Å². The average molecular weight is 160 g/mol.